The standard InChI is InChI=1S/C16H33NOS/c1-7-10-17-14-9-8-13(12(2)3)11-15(14)19(18)16(4,5)6/h12-15,17H,7-11H2,1-6H3. The molecule has 0 heterocycles. The van der Waals surface area contributed by atoms with Crippen LogP contribution in [0.1, 0.15) is 67.2 Å². The van der Waals surface area contributed by atoms with Gasteiger partial charge in [-0.25, -0.2) is 0 Å². The Labute approximate surface area is 122 Å². The van der Waals surface area contributed by atoms with Crippen LogP contribution in [-0.4, -0.2) is 26.8 Å². The molecule has 2 nitrogen and oxygen atoms in total. The van der Waals surface area contributed by atoms with Gasteiger partial charge in [-0.2, -0.15) is 0 Å². The molecule has 1 aliphatic carbocycles. The lowest BCUT2D eigenvalue weighted by Gasteiger charge is -2.40. The molecule has 1 aliphatic rings. The quantitative estimate of drug-likeness (QED) is 0.835. The van der Waals surface area contributed by atoms with Crippen molar-refractivity contribution < 1.29 is 4.21 Å². The molecule has 114 valence electrons. The molecule has 0 saturated heterocycles. The molecule has 1 N–H and O–H groups in total. The number of rotatable bonds is 5. The summed E-state index contributed by atoms with van der Waals surface area (Å²) in [6.45, 7) is 14.2. The zero-order valence-electron chi connectivity index (χ0n) is 13.7. The Balaban J connectivity index is 2.79. The van der Waals surface area contributed by atoms with Crippen molar-refractivity contribution in [2.45, 2.75) is 83.3 Å². The van der Waals surface area contributed by atoms with E-state index >= 15 is 0 Å². The van der Waals surface area contributed by atoms with Crippen LogP contribution < -0.4 is 5.32 Å². The van der Waals surface area contributed by atoms with Crippen LogP contribution in [0.15, 0.2) is 0 Å². The minimum absolute atomic E-state index is 0.102. The molecule has 1 rings (SSSR count). The maximum Gasteiger partial charge on any atom is 0.0509 e. The topological polar surface area (TPSA) is 29.1 Å². The fraction of sp³-hybridized carbons (Fsp3) is 1.00. The predicted molar refractivity (Wildman–Crippen MR) is 85.9 cm³/mol. The summed E-state index contributed by atoms with van der Waals surface area (Å²) < 4.78 is 12.7. The van der Waals surface area contributed by atoms with Crippen LogP contribution in [0.2, 0.25) is 0 Å². The molecule has 0 aliphatic heterocycles. The SMILES string of the molecule is CCCNC1CCC(C(C)C)CC1S(=O)C(C)(C)C. The van der Waals surface area contributed by atoms with Gasteiger partial charge < -0.3 is 5.32 Å². The molecule has 4 atom stereocenters. The van der Waals surface area contributed by atoms with Gasteiger partial charge in [0.25, 0.3) is 0 Å². The van der Waals surface area contributed by atoms with Crippen molar-refractivity contribution in [2.24, 2.45) is 11.8 Å². The van der Waals surface area contributed by atoms with Crippen molar-refractivity contribution in [1.29, 1.82) is 0 Å². The van der Waals surface area contributed by atoms with Crippen molar-refractivity contribution in [3.05, 3.63) is 0 Å². The van der Waals surface area contributed by atoms with E-state index in [0.717, 1.165) is 25.3 Å². The maximum absolute atomic E-state index is 12.8. The second kappa shape index (κ2) is 7.21. The molecule has 0 amide bonds. The van der Waals surface area contributed by atoms with E-state index in [1.54, 1.807) is 0 Å². The lowest BCUT2D eigenvalue weighted by molar-refractivity contribution is 0.242. The van der Waals surface area contributed by atoms with Crippen LogP contribution in [-0.2, 0) is 10.8 Å². The van der Waals surface area contributed by atoms with E-state index in [2.05, 4.69) is 46.9 Å². The number of hydrogen-bond acceptors (Lipinski definition) is 2. The summed E-state index contributed by atoms with van der Waals surface area (Å²) in [6.07, 6.45) is 4.76. The van der Waals surface area contributed by atoms with Crippen molar-refractivity contribution in [3.8, 4) is 0 Å². The van der Waals surface area contributed by atoms with E-state index in [9.17, 15) is 4.21 Å². The van der Waals surface area contributed by atoms with Gasteiger partial charge in [-0.05, 0) is 64.8 Å². The molecular formula is C16H33NOS. The third-order valence-electron chi connectivity index (χ3n) is 4.31. The van der Waals surface area contributed by atoms with Gasteiger partial charge in [-0.3, -0.25) is 4.21 Å². The Hall–Kier alpha value is 0.110. The average Bonchev–Trinajstić information content (AvgIpc) is 2.34. The largest absolute Gasteiger partial charge is 0.313 e. The van der Waals surface area contributed by atoms with Gasteiger partial charge in [0.1, 0.15) is 0 Å². The Morgan fingerprint density at radius 2 is 1.89 bits per heavy atom. The van der Waals surface area contributed by atoms with Crippen molar-refractivity contribution in [1.82, 2.24) is 5.32 Å². The Morgan fingerprint density at radius 1 is 1.26 bits per heavy atom. The van der Waals surface area contributed by atoms with E-state index in [4.69, 9.17) is 0 Å². The first-order valence-corrected chi connectivity index (χ1v) is 9.12. The summed E-state index contributed by atoms with van der Waals surface area (Å²) >= 11 is 0. The first-order chi connectivity index (χ1) is 8.77. The van der Waals surface area contributed by atoms with Crippen LogP contribution in [0.3, 0.4) is 0 Å². The Bertz CT molecular complexity index is 296. The highest BCUT2D eigenvalue weighted by molar-refractivity contribution is 7.87. The van der Waals surface area contributed by atoms with E-state index < -0.39 is 10.8 Å². The van der Waals surface area contributed by atoms with Gasteiger partial charge in [0.2, 0.25) is 0 Å². The highest BCUT2D eigenvalue weighted by Crippen LogP contribution is 2.35. The molecule has 0 bridgehead atoms. The summed E-state index contributed by atoms with van der Waals surface area (Å²) in [5.74, 6) is 1.46. The van der Waals surface area contributed by atoms with E-state index in [1.165, 1.54) is 12.8 Å². The zero-order valence-corrected chi connectivity index (χ0v) is 14.5. The molecular weight excluding hydrogens is 254 g/mol. The molecule has 0 aromatic carbocycles. The molecule has 1 saturated carbocycles. The summed E-state index contributed by atoms with van der Waals surface area (Å²) in [5, 5.41) is 3.97. The lowest BCUT2D eigenvalue weighted by Crippen LogP contribution is -2.50. The summed E-state index contributed by atoms with van der Waals surface area (Å²) in [6, 6.07) is 0.454. The summed E-state index contributed by atoms with van der Waals surface area (Å²) in [5.41, 5.74) is 0. The molecule has 0 radical (unpaired) electrons. The smallest absolute Gasteiger partial charge is 0.0509 e. The molecule has 0 aromatic heterocycles. The third kappa shape index (κ3) is 4.86. The molecule has 4 unspecified atom stereocenters. The van der Waals surface area contributed by atoms with E-state index in [1.807, 2.05) is 0 Å². The van der Waals surface area contributed by atoms with E-state index in [-0.39, 0.29) is 4.75 Å². The van der Waals surface area contributed by atoms with Crippen molar-refractivity contribution >= 4 is 10.8 Å². The van der Waals surface area contributed by atoms with E-state index in [0.29, 0.717) is 17.2 Å². The lowest BCUT2D eigenvalue weighted by atomic mass is 9.79. The van der Waals surface area contributed by atoms with Gasteiger partial charge >= 0.3 is 0 Å². The van der Waals surface area contributed by atoms with Gasteiger partial charge in [0, 0.05) is 21.6 Å². The average molecular weight is 288 g/mol. The molecule has 3 heteroatoms. The first-order valence-electron chi connectivity index (χ1n) is 7.91. The van der Waals surface area contributed by atoms with Crippen molar-refractivity contribution in [3.63, 3.8) is 0 Å². The second-order valence-corrected chi connectivity index (χ2v) is 9.75. The van der Waals surface area contributed by atoms with Gasteiger partial charge in [0.15, 0.2) is 0 Å². The molecule has 0 aromatic rings. The third-order valence-corrected chi connectivity index (χ3v) is 6.59. The second-order valence-electron chi connectivity index (χ2n) is 7.33. The van der Waals surface area contributed by atoms with Gasteiger partial charge in [-0.1, -0.05) is 20.8 Å². The van der Waals surface area contributed by atoms with Gasteiger partial charge in [-0.15, -0.1) is 0 Å². The van der Waals surface area contributed by atoms with Gasteiger partial charge in [0.05, 0.1) is 5.25 Å². The first kappa shape index (κ1) is 17.2. The van der Waals surface area contributed by atoms with Crippen LogP contribution in [0.25, 0.3) is 0 Å². The van der Waals surface area contributed by atoms with Crippen LogP contribution in [0, 0.1) is 11.8 Å². The van der Waals surface area contributed by atoms with Crippen LogP contribution in [0.5, 0.6) is 0 Å². The van der Waals surface area contributed by atoms with Crippen molar-refractivity contribution in [2.75, 3.05) is 6.54 Å². The highest BCUT2D eigenvalue weighted by Gasteiger charge is 2.38. The summed E-state index contributed by atoms with van der Waals surface area (Å²) in [4.78, 5) is 0. The molecule has 1 fully saturated rings. The number of nitrogens with one attached hydrogen (secondary N) is 1. The summed E-state index contributed by atoms with van der Waals surface area (Å²) in [7, 11) is -0.757. The minimum Gasteiger partial charge on any atom is -0.313 e. The Kier molecular flexibility index (Phi) is 6.52. The predicted octanol–water partition coefficient (Wildman–Crippen LogP) is 3.73. The highest BCUT2D eigenvalue weighted by atomic mass is 32.2. The number of hydrogen-bond donors (Lipinski definition) is 1. The molecule has 0 spiro atoms. The Morgan fingerprint density at radius 3 is 2.37 bits per heavy atom. The zero-order chi connectivity index (χ0) is 14.6. The normalized spacial score (nSPS) is 30.6. The van der Waals surface area contributed by atoms with Crippen LogP contribution in [0.4, 0.5) is 0 Å². The fourth-order valence-corrected chi connectivity index (χ4v) is 4.88. The van der Waals surface area contributed by atoms with Crippen LogP contribution >= 0.6 is 0 Å². The molecule has 19 heavy (non-hydrogen) atoms. The monoisotopic (exact) mass is 287 g/mol. The fourth-order valence-electron chi connectivity index (χ4n) is 3.02. The minimum atomic E-state index is -0.757. The maximum atomic E-state index is 12.8.